The summed E-state index contributed by atoms with van der Waals surface area (Å²) in [5.74, 6) is 0.821. The number of nitriles is 1. The molecule has 5 nitrogen and oxygen atoms in total. The van der Waals surface area contributed by atoms with Crippen LogP contribution >= 0.6 is 0 Å². The largest absolute Gasteiger partial charge is 0.384 e. The lowest BCUT2D eigenvalue weighted by Gasteiger charge is -2.00. The molecule has 1 aromatic heterocycles. The van der Waals surface area contributed by atoms with Crippen LogP contribution in [0.3, 0.4) is 0 Å². The molecule has 5 heteroatoms. The molecule has 1 aromatic rings. The second-order valence-corrected chi connectivity index (χ2v) is 2.44. The Hall–Kier alpha value is -1.67. The molecule has 68 valence electrons. The number of rotatable bonds is 3. The average molecular weight is 178 g/mol. The Kier molecular flexibility index (Phi) is 3.17. The summed E-state index contributed by atoms with van der Waals surface area (Å²) in [7, 11) is 1.60. The Morgan fingerprint density at radius 1 is 1.69 bits per heavy atom. The van der Waals surface area contributed by atoms with E-state index in [1.807, 2.05) is 6.07 Å². The van der Waals surface area contributed by atoms with Crippen LogP contribution in [0, 0.1) is 11.3 Å². The van der Waals surface area contributed by atoms with E-state index < -0.39 is 0 Å². The predicted octanol–water partition coefficient (Wildman–Crippen LogP) is 0.119. The van der Waals surface area contributed by atoms with Crippen LogP contribution in [0.25, 0.3) is 0 Å². The van der Waals surface area contributed by atoms with Crippen LogP contribution in [0.4, 0.5) is 5.82 Å². The van der Waals surface area contributed by atoms with E-state index in [-0.39, 0.29) is 5.82 Å². The summed E-state index contributed by atoms with van der Waals surface area (Å²) in [4.78, 5) is 7.90. The number of nitrogens with two attached hydrogens (primary N) is 1. The summed E-state index contributed by atoms with van der Waals surface area (Å²) < 4.78 is 4.86. The molecule has 0 saturated carbocycles. The van der Waals surface area contributed by atoms with Gasteiger partial charge in [-0.05, 0) is 0 Å². The van der Waals surface area contributed by atoms with Crippen LogP contribution < -0.4 is 5.73 Å². The fourth-order valence-corrected chi connectivity index (χ4v) is 0.833. The third-order valence-corrected chi connectivity index (χ3v) is 1.52. The molecular formula is C8H10N4O. The van der Waals surface area contributed by atoms with Crippen LogP contribution in [-0.2, 0) is 11.2 Å². The average Bonchev–Trinajstić information content (AvgIpc) is 2.15. The maximum Gasteiger partial charge on any atom is 0.145 e. The van der Waals surface area contributed by atoms with Gasteiger partial charge in [0.2, 0.25) is 0 Å². The van der Waals surface area contributed by atoms with Crippen LogP contribution in [0.5, 0.6) is 0 Å². The highest BCUT2D eigenvalue weighted by molar-refractivity contribution is 5.46. The molecule has 0 aliphatic carbocycles. The summed E-state index contributed by atoms with van der Waals surface area (Å²) in [6.07, 6.45) is 2.03. The minimum Gasteiger partial charge on any atom is -0.384 e. The smallest absolute Gasteiger partial charge is 0.145 e. The molecule has 0 spiro atoms. The number of hydrogen-bond donors (Lipinski definition) is 1. The first kappa shape index (κ1) is 9.42. The van der Waals surface area contributed by atoms with Gasteiger partial charge < -0.3 is 10.5 Å². The van der Waals surface area contributed by atoms with Gasteiger partial charge in [0.05, 0.1) is 12.8 Å². The van der Waals surface area contributed by atoms with Gasteiger partial charge in [-0.1, -0.05) is 0 Å². The quantitative estimate of drug-likeness (QED) is 0.710. The minimum atomic E-state index is 0.226. The molecule has 0 fully saturated rings. The summed E-state index contributed by atoms with van der Waals surface area (Å²) in [6, 6.07) is 1.90. The topological polar surface area (TPSA) is 84.8 Å². The number of aromatic nitrogens is 2. The van der Waals surface area contributed by atoms with Gasteiger partial charge in [0, 0.05) is 13.5 Å². The zero-order valence-corrected chi connectivity index (χ0v) is 7.32. The Balaban J connectivity index is 2.79. The lowest BCUT2D eigenvalue weighted by atomic mass is 10.3. The van der Waals surface area contributed by atoms with Crippen molar-refractivity contribution in [2.45, 2.75) is 6.42 Å². The van der Waals surface area contributed by atoms with Crippen molar-refractivity contribution in [3.63, 3.8) is 0 Å². The monoisotopic (exact) mass is 178 g/mol. The fraction of sp³-hybridized carbons (Fsp3) is 0.375. The van der Waals surface area contributed by atoms with Gasteiger partial charge >= 0.3 is 0 Å². The molecule has 1 rings (SSSR count). The van der Waals surface area contributed by atoms with E-state index in [0.29, 0.717) is 24.4 Å². The van der Waals surface area contributed by atoms with E-state index in [1.165, 1.54) is 6.20 Å². The molecule has 0 aliphatic heterocycles. The second kappa shape index (κ2) is 4.38. The van der Waals surface area contributed by atoms with E-state index in [4.69, 9.17) is 15.7 Å². The summed E-state index contributed by atoms with van der Waals surface area (Å²) >= 11 is 0. The molecule has 1 heterocycles. The predicted molar refractivity (Wildman–Crippen MR) is 46.7 cm³/mol. The number of nitrogens with zero attached hydrogens (tertiary/aromatic N) is 3. The first-order valence-electron chi connectivity index (χ1n) is 3.78. The maximum absolute atomic E-state index is 8.55. The number of hydrogen-bond acceptors (Lipinski definition) is 5. The van der Waals surface area contributed by atoms with Crippen LogP contribution in [-0.4, -0.2) is 23.7 Å². The normalized spacial score (nSPS) is 9.54. The van der Waals surface area contributed by atoms with Gasteiger partial charge in [0.25, 0.3) is 0 Å². The van der Waals surface area contributed by atoms with Crippen molar-refractivity contribution >= 4 is 5.82 Å². The zero-order chi connectivity index (χ0) is 9.68. The summed E-state index contributed by atoms with van der Waals surface area (Å²) in [6.45, 7) is 0.547. The first-order chi connectivity index (χ1) is 6.27. The third kappa shape index (κ3) is 2.39. The standard InChI is InChI=1S/C8H10N4O/c1-13-3-2-7-11-5-6(4-9)8(10)12-7/h5H,2-3H2,1H3,(H2,10,11,12). The van der Waals surface area contributed by atoms with Crippen molar-refractivity contribution in [2.75, 3.05) is 19.5 Å². The number of anilines is 1. The molecule has 2 N–H and O–H groups in total. The SMILES string of the molecule is COCCc1ncc(C#N)c(N)n1. The highest BCUT2D eigenvalue weighted by Crippen LogP contribution is 2.05. The Bertz CT molecular complexity index is 331. The molecule has 0 radical (unpaired) electrons. The van der Waals surface area contributed by atoms with E-state index in [0.717, 1.165) is 0 Å². The Labute approximate surface area is 76.2 Å². The number of methoxy groups -OCH3 is 1. The van der Waals surface area contributed by atoms with E-state index >= 15 is 0 Å². The lowest BCUT2D eigenvalue weighted by molar-refractivity contribution is 0.200. The van der Waals surface area contributed by atoms with Crippen LogP contribution in [0.1, 0.15) is 11.4 Å². The molecule has 0 saturated heterocycles. The van der Waals surface area contributed by atoms with Crippen LogP contribution in [0.2, 0.25) is 0 Å². The molecule has 0 aromatic carbocycles. The van der Waals surface area contributed by atoms with Crippen molar-refractivity contribution in [2.24, 2.45) is 0 Å². The molecule has 0 atom stereocenters. The van der Waals surface area contributed by atoms with Gasteiger partial charge in [0.15, 0.2) is 0 Å². The number of ether oxygens (including phenoxy) is 1. The Morgan fingerprint density at radius 3 is 3.00 bits per heavy atom. The minimum absolute atomic E-state index is 0.226. The second-order valence-electron chi connectivity index (χ2n) is 2.44. The van der Waals surface area contributed by atoms with Gasteiger partial charge in [-0.3, -0.25) is 0 Å². The molecule has 0 unspecified atom stereocenters. The maximum atomic E-state index is 8.55. The summed E-state index contributed by atoms with van der Waals surface area (Å²) in [5.41, 5.74) is 5.80. The van der Waals surface area contributed by atoms with Crippen molar-refractivity contribution in [3.8, 4) is 6.07 Å². The lowest BCUT2D eigenvalue weighted by Crippen LogP contribution is -2.04. The number of nitrogen functional groups attached to an aromatic ring is 1. The molecule has 13 heavy (non-hydrogen) atoms. The molecule has 0 aliphatic rings. The van der Waals surface area contributed by atoms with Crippen LogP contribution in [0.15, 0.2) is 6.20 Å². The van der Waals surface area contributed by atoms with Gasteiger partial charge in [-0.15, -0.1) is 0 Å². The molecule has 0 bridgehead atoms. The zero-order valence-electron chi connectivity index (χ0n) is 7.32. The van der Waals surface area contributed by atoms with Crippen molar-refractivity contribution < 1.29 is 4.74 Å². The summed E-state index contributed by atoms with van der Waals surface area (Å²) in [5, 5.41) is 8.55. The molecule has 0 amide bonds. The molecular weight excluding hydrogens is 168 g/mol. The van der Waals surface area contributed by atoms with Crippen molar-refractivity contribution in [1.82, 2.24) is 9.97 Å². The Morgan fingerprint density at radius 2 is 2.46 bits per heavy atom. The van der Waals surface area contributed by atoms with E-state index in [2.05, 4.69) is 9.97 Å². The highest BCUT2D eigenvalue weighted by Gasteiger charge is 2.02. The van der Waals surface area contributed by atoms with Crippen molar-refractivity contribution in [3.05, 3.63) is 17.6 Å². The van der Waals surface area contributed by atoms with E-state index in [9.17, 15) is 0 Å². The first-order valence-corrected chi connectivity index (χ1v) is 3.78. The van der Waals surface area contributed by atoms with E-state index in [1.54, 1.807) is 7.11 Å². The van der Waals surface area contributed by atoms with Crippen molar-refractivity contribution in [1.29, 1.82) is 5.26 Å². The van der Waals surface area contributed by atoms with Gasteiger partial charge in [-0.25, -0.2) is 9.97 Å². The third-order valence-electron chi connectivity index (χ3n) is 1.52. The van der Waals surface area contributed by atoms with Gasteiger partial charge in [-0.2, -0.15) is 5.26 Å². The highest BCUT2D eigenvalue weighted by atomic mass is 16.5. The van der Waals surface area contributed by atoms with Gasteiger partial charge in [0.1, 0.15) is 23.3 Å². The fourth-order valence-electron chi connectivity index (χ4n) is 0.833.